The number of non-ortho nitro benzene ring substituents is 2. The molecule has 186 valence electrons. The number of benzene rings is 3. The average Bonchev–Trinajstić information content (AvgIpc) is 2.88. The van der Waals surface area contributed by atoms with Crippen LogP contribution in [0.1, 0.15) is 20.7 Å². The van der Waals surface area contributed by atoms with Crippen LogP contribution in [0.5, 0.6) is 28.7 Å². The van der Waals surface area contributed by atoms with E-state index in [1.807, 2.05) is 0 Å². The molecule has 13 nitrogen and oxygen atoms in total. The molecule has 3 rings (SSSR count). The molecule has 0 amide bonds. The Hall–Kier alpha value is -5.20. The molecule has 0 N–H and O–H groups in total. The van der Waals surface area contributed by atoms with E-state index < -0.39 is 33.2 Å². The van der Waals surface area contributed by atoms with Crippen molar-refractivity contribution in [3.05, 3.63) is 86.0 Å². The minimum atomic E-state index is -1.05. The van der Waals surface area contributed by atoms with Gasteiger partial charge in [0.05, 0.1) is 48.4 Å². The van der Waals surface area contributed by atoms with Crippen molar-refractivity contribution in [3.63, 3.8) is 0 Å². The van der Waals surface area contributed by atoms with Gasteiger partial charge in [0.25, 0.3) is 11.4 Å². The molecule has 0 saturated carbocycles. The molecular formula is C23H18N2O11. The maximum atomic E-state index is 12.6. The topological polar surface area (TPSA) is 167 Å². The Bertz CT molecular complexity index is 1280. The van der Waals surface area contributed by atoms with Gasteiger partial charge in [-0.25, -0.2) is 9.59 Å². The van der Waals surface area contributed by atoms with E-state index in [0.29, 0.717) is 5.75 Å². The minimum absolute atomic E-state index is 0.00161. The highest BCUT2D eigenvalue weighted by Crippen LogP contribution is 2.38. The summed E-state index contributed by atoms with van der Waals surface area (Å²) >= 11 is 0. The molecule has 0 aliphatic heterocycles. The van der Waals surface area contributed by atoms with Crippen molar-refractivity contribution in [1.29, 1.82) is 0 Å². The van der Waals surface area contributed by atoms with Crippen LogP contribution in [0.15, 0.2) is 54.6 Å². The van der Waals surface area contributed by atoms with Crippen LogP contribution in [0.4, 0.5) is 11.4 Å². The molecular weight excluding hydrogens is 480 g/mol. The first-order valence-corrected chi connectivity index (χ1v) is 9.95. The molecule has 13 heteroatoms. The summed E-state index contributed by atoms with van der Waals surface area (Å²) < 4.78 is 26.1. The number of carbonyl (C=O) groups excluding carboxylic acids is 2. The zero-order chi connectivity index (χ0) is 26.4. The summed E-state index contributed by atoms with van der Waals surface area (Å²) in [6.45, 7) is 0. The number of hydrogen-bond acceptors (Lipinski definition) is 11. The van der Waals surface area contributed by atoms with Gasteiger partial charge in [0, 0.05) is 12.1 Å². The summed E-state index contributed by atoms with van der Waals surface area (Å²) in [5, 5.41) is 22.0. The Morgan fingerprint density at radius 1 is 0.639 bits per heavy atom. The van der Waals surface area contributed by atoms with Crippen LogP contribution >= 0.6 is 0 Å². The molecule has 3 aromatic carbocycles. The van der Waals surface area contributed by atoms with Crippen LogP contribution in [0, 0.1) is 20.2 Å². The van der Waals surface area contributed by atoms with Crippen molar-refractivity contribution in [2.75, 3.05) is 21.3 Å². The second-order valence-corrected chi connectivity index (χ2v) is 6.92. The number of nitro benzene ring substituents is 2. The fraction of sp³-hybridized carbons (Fsp3) is 0.130. The van der Waals surface area contributed by atoms with Gasteiger partial charge in [-0.2, -0.15) is 0 Å². The average molecular weight is 498 g/mol. The van der Waals surface area contributed by atoms with Crippen molar-refractivity contribution in [2.45, 2.75) is 0 Å². The second kappa shape index (κ2) is 10.8. The molecule has 0 aromatic heterocycles. The van der Waals surface area contributed by atoms with E-state index in [9.17, 15) is 29.8 Å². The van der Waals surface area contributed by atoms with Crippen molar-refractivity contribution in [3.8, 4) is 28.7 Å². The summed E-state index contributed by atoms with van der Waals surface area (Å²) in [6, 6.07) is 10.6. The number of hydrogen-bond donors (Lipinski definition) is 0. The summed E-state index contributed by atoms with van der Waals surface area (Å²) in [5.74, 6) is -0.857. The molecule has 0 spiro atoms. The molecule has 36 heavy (non-hydrogen) atoms. The quantitative estimate of drug-likeness (QED) is 0.181. The highest BCUT2D eigenvalue weighted by molar-refractivity contribution is 5.93. The van der Waals surface area contributed by atoms with Crippen LogP contribution in [0.25, 0.3) is 0 Å². The third-order valence-corrected chi connectivity index (χ3v) is 4.71. The smallest absolute Gasteiger partial charge is 0.344 e. The van der Waals surface area contributed by atoms with Gasteiger partial charge in [-0.1, -0.05) is 0 Å². The van der Waals surface area contributed by atoms with E-state index in [0.717, 1.165) is 18.2 Å². The Balaban J connectivity index is 1.75. The van der Waals surface area contributed by atoms with Gasteiger partial charge in [-0.15, -0.1) is 0 Å². The van der Waals surface area contributed by atoms with E-state index in [1.165, 1.54) is 57.7 Å². The van der Waals surface area contributed by atoms with Crippen molar-refractivity contribution in [2.24, 2.45) is 0 Å². The van der Waals surface area contributed by atoms with E-state index >= 15 is 0 Å². The third-order valence-electron chi connectivity index (χ3n) is 4.71. The molecule has 0 unspecified atom stereocenters. The van der Waals surface area contributed by atoms with Gasteiger partial charge in [0.2, 0.25) is 5.75 Å². The summed E-state index contributed by atoms with van der Waals surface area (Å²) in [7, 11) is 4.23. The number of esters is 2. The Morgan fingerprint density at radius 2 is 1.03 bits per heavy atom. The highest BCUT2D eigenvalue weighted by atomic mass is 16.6. The predicted molar refractivity (Wildman–Crippen MR) is 122 cm³/mol. The summed E-state index contributed by atoms with van der Waals surface area (Å²) in [6.07, 6.45) is 0. The molecule has 0 fully saturated rings. The molecule has 3 aromatic rings. The Morgan fingerprint density at radius 3 is 1.36 bits per heavy atom. The summed E-state index contributed by atoms with van der Waals surface area (Å²) in [5.41, 5.74) is -1.53. The number of nitro groups is 2. The number of carbonyl (C=O) groups is 2. The normalized spacial score (nSPS) is 10.2. The lowest BCUT2D eigenvalue weighted by atomic mass is 10.1. The van der Waals surface area contributed by atoms with Crippen LogP contribution in [-0.4, -0.2) is 43.1 Å². The standard InChI is InChI=1S/C23H18N2O11/c1-32-19-10-14(11-20(33-2)21(19)34-3)23(27)36-18-6-4-17(5-7-18)35-22(26)13-8-15(24(28)29)12-16(9-13)25(30)31/h4-12H,1-3H3. The lowest BCUT2D eigenvalue weighted by Gasteiger charge is -2.13. The Kier molecular flexibility index (Phi) is 7.64. The number of ether oxygens (including phenoxy) is 5. The first kappa shape index (κ1) is 25.4. The number of methoxy groups -OCH3 is 3. The highest BCUT2D eigenvalue weighted by Gasteiger charge is 2.22. The van der Waals surface area contributed by atoms with Crippen LogP contribution in [0.2, 0.25) is 0 Å². The van der Waals surface area contributed by atoms with Crippen LogP contribution in [-0.2, 0) is 0 Å². The molecule has 0 aliphatic carbocycles. The monoisotopic (exact) mass is 498 g/mol. The molecule has 0 heterocycles. The van der Waals surface area contributed by atoms with Crippen LogP contribution < -0.4 is 23.7 Å². The fourth-order valence-electron chi connectivity index (χ4n) is 3.03. The Labute approximate surface area is 203 Å². The van der Waals surface area contributed by atoms with E-state index in [4.69, 9.17) is 23.7 Å². The SMILES string of the molecule is COc1cc(C(=O)Oc2ccc(OC(=O)c3cc([N+](=O)[O-])cc([N+](=O)[O-])c3)cc2)cc(OC)c1OC. The zero-order valence-electron chi connectivity index (χ0n) is 19.1. The van der Waals surface area contributed by atoms with Crippen molar-refractivity contribution < 1.29 is 43.1 Å². The van der Waals surface area contributed by atoms with Crippen molar-refractivity contribution >= 4 is 23.3 Å². The van der Waals surface area contributed by atoms with Gasteiger partial charge in [0.1, 0.15) is 11.5 Å². The van der Waals surface area contributed by atoms with Gasteiger partial charge in [0.15, 0.2) is 11.5 Å². The maximum absolute atomic E-state index is 12.6. The first-order chi connectivity index (χ1) is 17.2. The third kappa shape index (κ3) is 5.64. The van der Waals surface area contributed by atoms with Gasteiger partial charge in [-0.05, 0) is 36.4 Å². The summed E-state index contributed by atoms with van der Waals surface area (Å²) in [4.78, 5) is 45.3. The van der Waals surface area contributed by atoms with Gasteiger partial charge >= 0.3 is 11.9 Å². The van der Waals surface area contributed by atoms with E-state index in [2.05, 4.69) is 0 Å². The van der Waals surface area contributed by atoms with Gasteiger partial charge < -0.3 is 23.7 Å². The largest absolute Gasteiger partial charge is 0.493 e. The zero-order valence-corrected chi connectivity index (χ0v) is 19.1. The molecule has 0 aliphatic rings. The predicted octanol–water partition coefficient (Wildman–Crippen LogP) is 3.97. The van der Waals surface area contributed by atoms with Crippen molar-refractivity contribution in [1.82, 2.24) is 0 Å². The number of nitrogens with zero attached hydrogens (tertiary/aromatic N) is 2. The molecule has 0 saturated heterocycles. The molecule has 0 bridgehead atoms. The first-order valence-electron chi connectivity index (χ1n) is 9.95. The number of rotatable bonds is 9. The lowest BCUT2D eigenvalue weighted by molar-refractivity contribution is -0.394. The van der Waals surface area contributed by atoms with E-state index in [-0.39, 0.29) is 34.1 Å². The maximum Gasteiger partial charge on any atom is 0.344 e. The fourth-order valence-corrected chi connectivity index (χ4v) is 3.03. The molecule has 0 radical (unpaired) electrons. The molecule has 0 atom stereocenters. The van der Waals surface area contributed by atoms with Crippen LogP contribution in [0.3, 0.4) is 0 Å². The van der Waals surface area contributed by atoms with Gasteiger partial charge in [-0.3, -0.25) is 20.2 Å². The minimum Gasteiger partial charge on any atom is -0.493 e. The lowest BCUT2D eigenvalue weighted by Crippen LogP contribution is -2.11. The second-order valence-electron chi connectivity index (χ2n) is 6.92. The van der Waals surface area contributed by atoms with E-state index in [1.54, 1.807) is 0 Å².